The molecule has 1 aromatic heterocycles. The van der Waals surface area contributed by atoms with Crippen LogP contribution in [0.15, 0.2) is 52.1 Å². The van der Waals surface area contributed by atoms with Crippen molar-refractivity contribution in [2.24, 2.45) is 0 Å². The van der Waals surface area contributed by atoms with Gasteiger partial charge in [0.25, 0.3) is 5.22 Å². The zero-order valence-electron chi connectivity index (χ0n) is 13.6. The summed E-state index contributed by atoms with van der Waals surface area (Å²) in [4.78, 5) is 0. The maximum Gasteiger partial charge on any atom is 0.276 e. The second kappa shape index (κ2) is 7.06. The maximum absolute atomic E-state index is 5.71. The summed E-state index contributed by atoms with van der Waals surface area (Å²) in [5, 5.41) is 8.66. The summed E-state index contributed by atoms with van der Waals surface area (Å²) in [5.74, 6) is 3.46. The molecule has 0 saturated heterocycles. The summed E-state index contributed by atoms with van der Waals surface area (Å²) in [5.41, 5.74) is 1.98. The van der Waals surface area contributed by atoms with Gasteiger partial charge in [-0.25, -0.2) is 0 Å². The van der Waals surface area contributed by atoms with E-state index in [4.69, 9.17) is 18.6 Å². The van der Waals surface area contributed by atoms with E-state index in [0.29, 0.717) is 23.5 Å². The molecule has 0 fully saturated rings. The van der Waals surface area contributed by atoms with E-state index in [9.17, 15) is 0 Å². The lowest BCUT2D eigenvalue weighted by Crippen LogP contribution is -2.00. The molecule has 0 N–H and O–H groups in total. The molecule has 6 nitrogen and oxygen atoms in total. The Kier molecular flexibility index (Phi) is 4.47. The Balaban J connectivity index is 1.32. The molecule has 0 amide bonds. The molecule has 0 unspecified atom stereocenters. The lowest BCUT2D eigenvalue weighted by molar-refractivity contribution is 0.174. The normalized spacial score (nSPS) is 12.4. The van der Waals surface area contributed by atoms with Gasteiger partial charge in [-0.05, 0) is 42.8 Å². The highest BCUT2D eigenvalue weighted by Crippen LogP contribution is 2.35. The molecule has 4 rings (SSSR count). The molecule has 128 valence electrons. The van der Waals surface area contributed by atoms with Crippen LogP contribution in [0.4, 0.5) is 0 Å². The maximum atomic E-state index is 5.71. The average Bonchev–Trinajstić information content (AvgIpc) is 3.27. The van der Waals surface area contributed by atoms with Crippen molar-refractivity contribution in [3.8, 4) is 28.7 Å². The number of rotatable bonds is 6. The minimum Gasteiger partial charge on any atom is -0.493 e. The summed E-state index contributed by atoms with van der Waals surface area (Å²) >= 11 is 1.46. The van der Waals surface area contributed by atoms with Crippen molar-refractivity contribution in [2.45, 2.75) is 12.1 Å². The third-order valence-corrected chi connectivity index (χ3v) is 4.38. The van der Waals surface area contributed by atoms with Gasteiger partial charge in [-0.3, -0.25) is 0 Å². The summed E-state index contributed by atoms with van der Waals surface area (Å²) in [6, 6.07) is 13.5. The van der Waals surface area contributed by atoms with E-state index in [1.807, 2.05) is 49.4 Å². The van der Waals surface area contributed by atoms with Crippen molar-refractivity contribution < 1.29 is 18.6 Å². The number of hydrogen-bond acceptors (Lipinski definition) is 7. The lowest BCUT2D eigenvalue weighted by atomic mass is 10.2. The Morgan fingerprint density at radius 3 is 2.92 bits per heavy atom. The van der Waals surface area contributed by atoms with Crippen molar-refractivity contribution in [1.82, 2.24) is 10.2 Å². The van der Waals surface area contributed by atoms with Gasteiger partial charge in [0.05, 0.1) is 6.61 Å². The molecule has 2 heterocycles. The second-order valence-electron chi connectivity index (χ2n) is 5.45. The monoisotopic (exact) mass is 356 g/mol. The van der Waals surface area contributed by atoms with Gasteiger partial charge in [0.15, 0.2) is 11.5 Å². The Hall–Kier alpha value is -2.67. The fraction of sp³-hybridized carbons (Fsp3) is 0.222. The molecule has 0 radical (unpaired) electrons. The third kappa shape index (κ3) is 3.71. The van der Waals surface area contributed by atoms with Gasteiger partial charge in [0.1, 0.15) is 5.75 Å². The molecule has 0 spiro atoms. The first kappa shape index (κ1) is 15.8. The lowest BCUT2D eigenvalue weighted by Gasteiger charge is -2.05. The van der Waals surface area contributed by atoms with Crippen LogP contribution in [-0.4, -0.2) is 29.4 Å². The van der Waals surface area contributed by atoms with Crippen LogP contribution in [0.3, 0.4) is 0 Å². The average molecular weight is 356 g/mol. The van der Waals surface area contributed by atoms with Gasteiger partial charge >= 0.3 is 0 Å². The number of benzene rings is 2. The van der Waals surface area contributed by atoms with Gasteiger partial charge in [-0.2, -0.15) is 0 Å². The zero-order valence-corrected chi connectivity index (χ0v) is 14.4. The van der Waals surface area contributed by atoms with Crippen LogP contribution in [0.1, 0.15) is 5.56 Å². The fourth-order valence-electron chi connectivity index (χ4n) is 2.41. The van der Waals surface area contributed by atoms with Crippen LogP contribution in [0.25, 0.3) is 11.5 Å². The molecule has 7 heteroatoms. The Morgan fingerprint density at radius 2 is 2.00 bits per heavy atom. The molecule has 0 bridgehead atoms. The van der Waals surface area contributed by atoms with Gasteiger partial charge in [-0.1, -0.05) is 23.9 Å². The smallest absolute Gasteiger partial charge is 0.276 e. The minimum absolute atomic E-state index is 0.241. The number of nitrogens with zero attached hydrogens (tertiary/aromatic N) is 2. The van der Waals surface area contributed by atoms with E-state index in [-0.39, 0.29) is 6.79 Å². The van der Waals surface area contributed by atoms with E-state index >= 15 is 0 Å². The highest BCUT2D eigenvalue weighted by atomic mass is 32.2. The molecular weight excluding hydrogens is 340 g/mol. The molecular formula is C18H16N2O4S. The molecule has 1 aliphatic rings. The highest BCUT2D eigenvalue weighted by Gasteiger charge is 2.16. The van der Waals surface area contributed by atoms with Gasteiger partial charge < -0.3 is 18.6 Å². The van der Waals surface area contributed by atoms with Gasteiger partial charge in [0, 0.05) is 11.3 Å². The first-order valence-corrected chi connectivity index (χ1v) is 8.82. The van der Waals surface area contributed by atoms with Crippen LogP contribution in [0, 0.1) is 6.92 Å². The Morgan fingerprint density at radius 1 is 1.08 bits per heavy atom. The van der Waals surface area contributed by atoms with Crippen LogP contribution in [0.5, 0.6) is 17.2 Å². The van der Waals surface area contributed by atoms with Crippen LogP contribution in [-0.2, 0) is 0 Å². The summed E-state index contributed by atoms with van der Waals surface area (Å²) < 4.78 is 22.1. The van der Waals surface area contributed by atoms with Crippen molar-refractivity contribution in [3.63, 3.8) is 0 Å². The molecule has 2 aromatic carbocycles. The SMILES string of the molecule is Cc1cccc(OCCSc2nnc(-c3ccc4c(c3)OCO4)o2)c1. The van der Waals surface area contributed by atoms with E-state index in [0.717, 1.165) is 22.8 Å². The minimum atomic E-state index is 0.241. The Bertz CT molecular complexity index is 881. The Labute approximate surface area is 149 Å². The predicted molar refractivity (Wildman–Crippen MR) is 93.3 cm³/mol. The molecule has 0 atom stereocenters. The summed E-state index contributed by atoms with van der Waals surface area (Å²) in [6.07, 6.45) is 0. The number of thioether (sulfide) groups is 1. The summed E-state index contributed by atoms with van der Waals surface area (Å²) in [7, 11) is 0. The van der Waals surface area contributed by atoms with Crippen molar-refractivity contribution in [2.75, 3.05) is 19.2 Å². The molecule has 3 aromatic rings. The van der Waals surface area contributed by atoms with E-state index in [1.165, 1.54) is 17.3 Å². The molecule has 0 aliphatic carbocycles. The fourth-order valence-corrected chi connectivity index (χ4v) is 2.99. The van der Waals surface area contributed by atoms with E-state index < -0.39 is 0 Å². The molecule has 0 saturated carbocycles. The zero-order chi connectivity index (χ0) is 17.1. The number of aromatic nitrogens is 2. The van der Waals surface area contributed by atoms with Crippen LogP contribution >= 0.6 is 11.8 Å². The largest absolute Gasteiger partial charge is 0.493 e. The molecule has 1 aliphatic heterocycles. The number of fused-ring (bicyclic) bond motifs is 1. The van der Waals surface area contributed by atoms with E-state index in [2.05, 4.69) is 10.2 Å². The van der Waals surface area contributed by atoms with Crippen molar-refractivity contribution in [1.29, 1.82) is 0 Å². The first-order valence-electron chi connectivity index (χ1n) is 7.84. The van der Waals surface area contributed by atoms with Crippen LogP contribution in [0.2, 0.25) is 0 Å². The number of ether oxygens (including phenoxy) is 3. The number of aryl methyl sites for hydroxylation is 1. The first-order chi connectivity index (χ1) is 12.3. The molecule has 25 heavy (non-hydrogen) atoms. The topological polar surface area (TPSA) is 66.6 Å². The number of hydrogen-bond donors (Lipinski definition) is 0. The third-order valence-electron chi connectivity index (χ3n) is 3.59. The van der Waals surface area contributed by atoms with Crippen LogP contribution < -0.4 is 14.2 Å². The van der Waals surface area contributed by atoms with E-state index in [1.54, 1.807) is 0 Å². The predicted octanol–water partition coefficient (Wildman–Crippen LogP) is 3.94. The van der Waals surface area contributed by atoms with Crippen molar-refractivity contribution in [3.05, 3.63) is 48.0 Å². The van der Waals surface area contributed by atoms with Gasteiger partial charge in [0.2, 0.25) is 12.7 Å². The van der Waals surface area contributed by atoms with Gasteiger partial charge in [-0.15, -0.1) is 10.2 Å². The quantitative estimate of drug-likeness (QED) is 0.489. The highest BCUT2D eigenvalue weighted by molar-refractivity contribution is 7.99. The standard InChI is InChI=1S/C18H16N2O4S/c1-12-3-2-4-14(9-12)21-7-8-25-18-20-19-17(24-18)13-5-6-15-16(10-13)23-11-22-15/h2-6,9-10H,7-8,11H2,1H3. The van der Waals surface area contributed by atoms with Crippen molar-refractivity contribution >= 4 is 11.8 Å². The summed E-state index contributed by atoms with van der Waals surface area (Å²) in [6.45, 7) is 2.85. The second-order valence-corrected chi connectivity index (χ2v) is 6.50.